The number of carbonyl (C=O) groups is 1. The summed E-state index contributed by atoms with van der Waals surface area (Å²) < 4.78 is 6.84. The molecule has 0 saturated heterocycles. The molecule has 0 unspecified atom stereocenters. The molecular weight excluding hydrogens is 264 g/mol. The second-order valence-electron chi connectivity index (χ2n) is 4.15. The van der Waals surface area contributed by atoms with Crippen LogP contribution in [0.4, 0.5) is 0 Å². The minimum Gasteiger partial charge on any atom is -0.461 e. The minimum atomic E-state index is -0.363. The van der Waals surface area contributed by atoms with Crippen LogP contribution in [0.2, 0.25) is 0 Å². The molecule has 19 heavy (non-hydrogen) atoms. The van der Waals surface area contributed by atoms with E-state index in [4.69, 9.17) is 4.74 Å². The summed E-state index contributed by atoms with van der Waals surface area (Å²) >= 11 is 1.50. The Hall–Kier alpha value is -1.73. The van der Waals surface area contributed by atoms with Crippen molar-refractivity contribution in [2.75, 3.05) is 13.2 Å². The number of esters is 1. The minimum absolute atomic E-state index is 0.352. The zero-order chi connectivity index (χ0) is 13.2. The Morgan fingerprint density at radius 2 is 2.53 bits per heavy atom. The molecule has 3 heterocycles. The van der Waals surface area contributed by atoms with Crippen molar-refractivity contribution in [3.05, 3.63) is 28.5 Å². The van der Waals surface area contributed by atoms with Gasteiger partial charge in [-0.3, -0.25) is 0 Å². The summed E-state index contributed by atoms with van der Waals surface area (Å²) in [5.74, 6) is -0.363. The van der Waals surface area contributed by atoms with Crippen molar-refractivity contribution in [1.82, 2.24) is 20.1 Å². The Balaban J connectivity index is 2.08. The molecule has 0 aliphatic carbocycles. The lowest BCUT2D eigenvalue weighted by Crippen LogP contribution is -2.25. The van der Waals surface area contributed by atoms with Gasteiger partial charge in [-0.05, 0) is 6.92 Å². The van der Waals surface area contributed by atoms with Crippen molar-refractivity contribution >= 4 is 17.3 Å². The van der Waals surface area contributed by atoms with Gasteiger partial charge in [0, 0.05) is 36.7 Å². The highest BCUT2D eigenvalue weighted by molar-refractivity contribution is 7.12. The van der Waals surface area contributed by atoms with Crippen LogP contribution in [-0.4, -0.2) is 33.9 Å². The lowest BCUT2D eigenvalue weighted by Gasteiger charge is -2.14. The van der Waals surface area contributed by atoms with Gasteiger partial charge >= 0.3 is 5.97 Å². The van der Waals surface area contributed by atoms with Gasteiger partial charge in [0.05, 0.1) is 12.3 Å². The topological polar surface area (TPSA) is 69.0 Å². The van der Waals surface area contributed by atoms with E-state index in [0.29, 0.717) is 18.8 Å². The van der Waals surface area contributed by atoms with E-state index in [-0.39, 0.29) is 5.97 Å². The Kier molecular flexibility index (Phi) is 3.31. The molecule has 6 nitrogen and oxygen atoms in total. The standard InChI is InChI=1S/C12H14N4O2S/c1-2-18-11(17)10-8-7-13-4-3-9(8)16(15-10)12-14-5-6-19-12/h5-6,13H,2-4,7H2,1H3. The number of nitrogens with one attached hydrogen (secondary N) is 1. The summed E-state index contributed by atoms with van der Waals surface area (Å²) in [7, 11) is 0. The number of hydrogen-bond donors (Lipinski definition) is 1. The maximum Gasteiger partial charge on any atom is 0.359 e. The van der Waals surface area contributed by atoms with E-state index < -0.39 is 0 Å². The average Bonchev–Trinajstić information content (AvgIpc) is 3.06. The smallest absolute Gasteiger partial charge is 0.359 e. The molecule has 7 heteroatoms. The van der Waals surface area contributed by atoms with Gasteiger partial charge in [-0.1, -0.05) is 0 Å². The number of fused-ring (bicyclic) bond motifs is 1. The number of aromatic nitrogens is 3. The zero-order valence-electron chi connectivity index (χ0n) is 10.5. The lowest BCUT2D eigenvalue weighted by atomic mass is 10.1. The number of thiazole rings is 1. The molecular formula is C12H14N4O2S. The molecule has 2 aromatic heterocycles. The van der Waals surface area contributed by atoms with E-state index in [1.165, 1.54) is 11.3 Å². The maximum absolute atomic E-state index is 12.0. The monoisotopic (exact) mass is 278 g/mol. The summed E-state index contributed by atoms with van der Waals surface area (Å²) in [4.78, 5) is 16.2. The van der Waals surface area contributed by atoms with E-state index in [0.717, 1.165) is 29.4 Å². The Labute approximate surface area is 114 Å². The fourth-order valence-corrected chi connectivity index (χ4v) is 2.81. The van der Waals surface area contributed by atoms with Gasteiger partial charge in [0.2, 0.25) is 5.13 Å². The molecule has 1 aliphatic rings. The quantitative estimate of drug-likeness (QED) is 0.853. The van der Waals surface area contributed by atoms with E-state index in [2.05, 4.69) is 15.4 Å². The van der Waals surface area contributed by atoms with Gasteiger partial charge in [0.25, 0.3) is 0 Å². The summed E-state index contributed by atoms with van der Waals surface area (Å²) in [6.45, 7) is 3.67. The van der Waals surface area contributed by atoms with Crippen LogP contribution in [0.5, 0.6) is 0 Å². The van der Waals surface area contributed by atoms with E-state index in [9.17, 15) is 4.79 Å². The van der Waals surface area contributed by atoms with E-state index >= 15 is 0 Å². The van der Waals surface area contributed by atoms with Crippen LogP contribution in [0.3, 0.4) is 0 Å². The Morgan fingerprint density at radius 1 is 1.63 bits per heavy atom. The van der Waals surface area contributed by atoms with Gasteiger partial charge < -0.3 is 10.1 Å². The molecule has 0 radical (unpaired) electrons. The second-order valence-corrected chi connectivity index (χ2v) is 5.02. The fraction of sp³-hybridized carbons (Fsp3) is 0.417. The first-order valence-corrected chi connectivity index (χ1v) is 7.07. The van der Waals surface area contributed by atoms with Crippen molar-refractivity contribution < 1.29 is 9.53 Å². The number of carbonyl (C=O) groups excluding carboxylic acids is 1. The lowest BCUT2D eigenvalue weighted by molar-refractivity contribution is 0.0517. The molecule has 2 aromatic rings. The summed E-state index contributed by atoms with van der Waals surface area (Å²) in [5, 5.41) is 10.3. The number of rotatable bonds is 3. The summed E-state index contributed by atoms with van der Waals surface area (Å²) in [6, 6.07) is 0. The average molecular weight is 278 g/mol. The van der Waals surface area contributed by atoms with Crippen LogP contribution in [0.1, 0.15) is 28.7 Å². The molecule has 0 atom stereocenters. The normalized spacial score (nSPS) is 14.2. The van der Waals surface area contributed by atoms with Crippen LogP contribution in [0, 0.1) is 0 Å². The van der Waals surface area contributed by atoms with Crippen LogP contribution >= 0.6 is 11.3 Å². The van der Waals surface area contributed by atoms with Crippen molar-refractivity contribution in [3.8, 4) is 5.13 Å². The molecule has 0 aromatic carbocycles. The van der Waals surface area contributed by atoms with Crippen LogP contribution in [0.15, 0.2) is 11.6 Å². The fourth-order valence-electron chi connectivity index (χ4n) is 2.19. The molecule has 0 fully saturated rings. The maximum atomic E-state index is 12.0. The molecule has 1 N–H and O–H groups in total. The predicted molar refractivity (Wildman–Crippen MR) is 70.6 cm³/mol. The molecule has 0 saturated carbocycles. The number of hydrogen-bond acceptors (Lipinski definition) is 6. The third kappa shape index (κ3) is 2.15. The van der Waals surface area contributed by atoms with Crippen LogP contribution in [0.25, 0.3) is 5.13 Å². The highest BCUT2D eigenvalue weighted by Crippen LogP contribution is 2.23. The SMILES string of the molecule is CCOC(=O)c1nn(-c2nccs2)c2c1CNCC2. The molecule has 100 valence electrons. The van der Waals surface area contributed by atoms with Crippen molar-refractivity contribution in [2.24, 2.45) is 0 Å². The first-order chi connectivity index (χ1) is 9.31. The highest BCUT2D eigenvalue weighted by Gasteiger charge is 2.26. The number of nitrogens with zero attached hydrogens (tertiary/aromatic N) is 3. The van der Waals surface area contributed by atoms with Crippen molar-refractivity contribution in [3.63, 3.8) is 0 Å². The third-order valence-corrected chi connectivity index (χ3v) is 3.75. The Morgan fingerprint density at radius 3 is 3.26 bits per heavy atom. The van der Waals surface area contributed by atoms with E-state index in [1.54, 1.807) is 17.8 Å². The summed E-state index contributed by atoms with van der Waals surface area (Å²) in [5.41, 5.74) is 2.39. The third-order valence-electron chi connectivity index (χ3n) is 3.00. The molecule has 0 bridgehead atoms. The molecule has 3 rings (SSSR count). The highest BCUT2D eigenvalue weighted by atomic mass is 32.1. The van der Waals surface area contributed by atoms with Gasteiger partial charge in [0.1, 0.15) is 0 Å². The van der Waals surface area contributed by atoms with Gasteiger partial charge in [-0.2, -0.15) is 5.10 Å². The zero-order valence-corrected chi connectivity index (χ0v) is 11.4. The van der Waals surface area contributed by atoms with Gasteiger partial charge in [0.15, 0.2) is 5.69 Å². The number of ether oxygens (including phenoxy) is 1. The van der Waals surface area contributed by atoms with Gasteiger partial charge in [-0.15, -0.1) is 11.3 Å². The van der Waals surface area contributed by atoms with Gasteiger partial charge in [-0.25, -0.2) is 14.5 Å². The van der Waals surface area contributed by atoms with Crippen LogP contribution < -0.4 is 5.32 Å². The molecule has 1 aliphatic heterocycles. The largest absolute Gasteiger partial charge is 0.461 e. The molecule has 0 amide bonds. The van der Waals surface area contributed by atoms with E-state index in [1.807, 2.05) is 5.38 Å². The second kappa shape index (κ2) is 5.10. The first kappa shape index (κ1) is 12.3. The van der Waals surface area contributed by atoms with Crippen molar-refractivity contribution in [2.45, 2.75) is 19.9 Å². The predicted octanol–water partition coefficient (Wildman–Crippen LogP) is 1.15. The van der Waals surface area contributed by atoms with Crippen molar-refractivity contribution in [1.29, 1.82) is 0 Å². The Bertz CT molecular complexity index is 591. The molecule has 0 spiro atoms. The van der Waals surface area contributed by atoms with Crippen LogP contribution in [-0.2, 0) is 17.7 Å². The summed E-state index contributed by atoms with van der Waals surface area (Å²) in [6.07, 6.45) is 2.57. The first-order valence-electron chi connectivity index (χ1n) is 6.19.